The topological polar surface area (TPSA) is 3.24 Å². The minimum Gasteiger partial charge on any atom is -0.292 e. The van der Waals surface area contributed by atoms with E-state index in [4.69, 9.17) is 0 Å². The summed E-state index contributed by atoms with van der Waals surface area (Å²) in [5, 5.41) is 0. The van der Waals surface area contributed by atoms with Crippen molar-refractivity contribution in [2.24, 2.45) is 5.92 Å². The maximum Gasteiger partial charge on any atom is 0.0313 e. The summed E-state index contributed by atoms with van der Waals surface area (Å²) in [5.74, 6) is 0.822. The molecule has 0 spiro atoms. The maximum absolute atomic E-state index is 4.21. The molecule has 1 rings (SSSR count). The second kappa shape index (κ2) is 4.06. The third-order valence-electron chi connectivity index (χ3n) is 3.30. The molecule has 0 bridgehead atoms. The van der Waals surface area contributed by atoms with Crippen molar-refractivity contribution in [3.63, 3.8) is 0 Å². The quantitative estimate of drug-likeness (QED) is 0.610. The fourth-order valence-electron chi connectivity index (χ4n) is 2.41. The van der Waals surface area contributed by atoms with Crippen LogP contribution in [0.15, 0.2) is 12.2 Å². The summed E-state index contributed by atoms with van der Waals surface area (Å²) >= 11 is 0. The monoisotopic (exact) mass is 195 g/mol. The van der Waals surface area contributed by atoms with E-state index in [0.29, 0.717) is 6.04 Å². The van der Waals surface area contributed by atoms with Gasteiger partial charge in [0, 0.05) is 18.1 Å². The summed E-state index contributed by atoms with van der Waals surface area (Å²) in [6.07, 6.45) is 2.41. The lowest BCUT2D eigenvalue weighted by Crippen LogP contribution is -2.45. The molecule has 2 unspecified atom stereocenters. The first kappa shape index (κ1) is 11.8. The molecule has 0 N–H and O–H groups in total. The van der Waals surface area contributed by atoms with Crippen molar-refractivity contribution in [3.8, 4) is 0 Å². The van der Waals surface area contributed by atoms with Crippen LogP contribution in [0.3, 0.4) is 0 Å². The van der Waals surface area contributed by atoms with Crippen molar-refractivity contribution in [1.82, 2.24) is 4.90 Å². The Morgan fingerprint density at radius 3 is 2.43 bits per heavy atom. The Balaban J connectivity index is 2.78. The largest absolute Gasteiger partial charge is 0.292 e. The molecule has 0 aromatic heterocycles. The fourth-order valence-corrected chi connectivity index (χ4v) is 2.41. The van der Waals surface area contributed by atoms with Gasteiger partial charge in [-0.3, -0.25) is 4.90 Å². The standard InChI is InChI=1S/C13H25N/c1-7-11(3)12-8-10(2)9-14(12)13(4,5)6/h10,12H,3,7-9H2,1-2,4-6H3. The SMILES string of the molecule is C=C(CC)C1CC(C)CN1C(C)(C)C. The lowest BCUT2D eigenvalue weighted by Gasteiger charge is -2.37. The van der Waals surface area contributed by atoms with Crippen LogP contribution in [0.4, 0.5) is 0 Å². The van der Waals surface area contributed by atoms with Crippen LogP contribution >= 0.6 is 0 Å². The van der Waals surface area contributed by atoms with Gasteiger partial charge in [0.25, 0.3) is 0 Å². The van der Waals surface area contributed by atoms with Gasteiger partial charge >= 0.3 is 0 Å². The van der Waals surface area contributed by atoms with Gasteiger partial charge in [-0.15, -0.1) is 0 Å². The van der Waals surface area contributed by atoms with Crippen molar-refractivity contribution in [2.45, 2.75) is 59.0 Å². The summed E-state index contributed by atoms with van der Waals surface area (Å²) in [7, 11) is 0. The van der Waals surface area contributed by atoms with E-state index in [1.165, 1.54) is 18.5 Å². The molecule has 82 valence electrons. The van der Waals surface area contributed by atoms with E-state index in [1.54, 1.807) is 0 Å². The summed E-state index contributed by atoms with van der Waals surface area (Å²) in [5.41, 5.74) is 1.69. The number of nitrogens with zero attached hydrogens (tertiary/aromatic N) is 1. The van der Waals surface area contributed by atoms with E-state index in [1.807, 2.05) is 0 Å². The van der Waals surface area contributed by atoms with E-state index in [9.17, 15) is 0 Å². The molecule has 1 heteroatoms. The zero-order valence-electron chi connectivity index (χ0n) is 10.4. The molecule has 0 aliphatic carbocycles. The smallest absolute Gasteiger partial charge is 0.0313 e. The van der Waals surface area contributed by atoms with Crippen LogP contribution in [0.1, 0.15) is 47.5 Å². The Morgan fingerprint density at radius 2 is 2.00 bits per heavy atom. The summed E-state index contributed by atoms with van der Waals surface area (Å²) in [6, 6.07) is 0.620. The van der Waals surface area contributed by atoms with Crippen molar-refractivity contribution in [1.29, 1.82) is 0 Å². The molecule has 14 heavy (non-hydrogen) atoms. The predicted octanol–water partition coefficient (Wildman–Crippen LogP) is 3.46. The van der Waals surface area contributed by atoms with Crippen LogP contribution < -0.4 is 0 Å². The molecule has 1 aliphatic heterocycles. The first-order chi connectivity index (χ1) is 6.36. The minimum absolute atomic E-state index is 0.285. The van der Waals surface area contributed by atoms with Crippen molar-refractivity contribution in [3.05, 3.63) is 12.2 Å². The Morgan fingerprint density at radius 1 is 1.43 bits per heavy atom. The van der Waals surface area contributed by atoms with Gasteiger partial charge in [-0.05, 0) is 39.5 Å². The first-order valence-corrected chi connectivity index (χ1v) is 5.80. The lowest BCUT2D eigenvalue weighted by molar-refractivity contribution is 0.134. The Kier molecular flexibility index (Phi) is 3.41. The predicted molar refractivity (Wildman–Crippen MR) is 63.5 cm³/mol. The van der Waals surface area contributed by atoms with Crippen LogP contribution in [-0.4, -0.2) is 23.0 Å². The van der Waals surface area contributed by atoms with Crippen LogP contribution in [0.2, 0.25) is 0 Å². The molecule has 1 heterocycles. The highest BCUT2D eigenvalue weighted by molar-refractivity contribution is 5.10. The highest BCUT2D eigenvalue weighted by atomic mass is 15.2. The van der Waals surface area contributed by atoms with Gasteiger partial charge in [0.05, 0.1) is 0 Å². The highest BCUT2D eigenvalue weighted by Crippen LogP contribution is 2.33. The normalized spacial score (nSPS) is 29.5. The summed E-state index contributed by atoms with van der Waals surface area (Å²) in [6.45, 7) is 16.9. The molecule has 1 aliphatic rings. The summed E-state index contributed by atoms with van der Waals surface area (Å²) in [4.78, 5) is 2.61. The van der Waals surface area contributed by atoms with E-state index >= 15 is 0 Å². The van der Waals surface area contributed by atoms with Crippen molar-refractivity contribution in [2.75, 3.05) is 6.54 Å². The molecule has 1 nitrogen and oxygen atoms in total. The number of hydrogen-bond donors (Lipinski definition) is 0. The maximum atomic E-state index is 4.21. The molecular formula is C13H25N. The third kappa shape index (κ3) is 2.38. The first-order valence-electron chi connectivity index (χ1n) is 5.80. The molecule has 0 aromatic rings. The molecule has 1 saturated heterocycles. The van der Waals surface area contributed by atoms with Gasteiger partial charge in [-0.2, -0.15) is 0 Å². The number of likely N-dealkylation sites (tertiary alicyclic amines) is 1. The lowest BCUT2D eigenvalue weighted by atomic mass is 9.98. The third-order valence-corrected chi connectivity index (χ3v) is 3.30. The highest BCUT2D eigenvalue weighted by Gasteiger charge is 2.36. The zero-order valence-corrected chi connectivity index (χ0v) is 10.4. The molecule has 2 atom stereocenters. The second-order valence-corrected chi connectivity index (χ2v) is 5.69. The van der Waals surface area contributed by atoms with E-state index < -0.39 is 0 Å². The second-order valence-electron chi connectivity index (χ2n) is 5.69. The molecule has 0 saturated carbocycles. The average Bonchev–Trinajstić information content (AvgIpc) is 2.45. The van der Waals surface area contributed by atoms with Crippen molar-refractivity contribution >= 4 is 0 Å². The minimum atomic E-state index is 0.285. The zero-order chi connectivity index (χ0) is 10.9. The van der Waals surface area contributed by atoms with Crippen LogP contribution in [0.25, 0.3) is 0 Å². The van der Waals surface area contributed by atoms with Gasteiger partial charge in [0.1, 0.15) is 0 Å². The average molecular weight is 195 g/mol. The number of hydrogen-bond acceptors (Lipinski definition) is 1. The van der Waals surface area contributed by atoms with Gasteiger partial charge in [0.2, 0.25) is 0 Å². The van der Waals surface area contributed by atoms with Gasteiger partial charge in [0.15, 0.2) is 0 Å². The van der Waals surface area contributed by atoms with E-state index in [0.717, 1.165) is 12.3 Å². The Bertz CT molecular complexity index is 212. The Hall–Kier alpha value is -0.300. The van der Waals surface area contributed by atoms with E-state index in [2.05, 4.69) is 46.1 Å². The fraction of sp³-hybridized carbons (Fsp3) is 0.846. The van der Waals surface area contributed by atoms with Gasteiger partial charge in [-0.25, -0.2) is 0 Å². The molecule has 1 fully saturated rings. The Labute approximate surface area is 89.2 Å². The van der Waals surface area contributed by atoms with Gasteiger partial charge < -0.3 is 0 Å². The number of rotatable bonds is 2. The van der Waals surface area contributed by atoms with Crippen molar-refractivity contribution < 1.29 is 0 Å². The van der Waals surface area contributed by atoms with Crippen LogP contribution in [0.5, 0.6) is 0 Å². The van der Waals surface area contributed by atoms with Crippen LogP contribution in [0, 0.1) is 5.92 Å². The molecule has 0 aromatic carbocycles. The molecule has 0 amide bonds. The molecular weight excluding hydrogens is 170 g/mol. The van der Waals surface area contributed by atoms with Gasteiger partial charge in [-0.1, -0.05) is 26.0 Å². The van der Waals surface area contributed by atoms with E-state index in [-0.39, 0.29) is 5.54 Å². The molecule has 0 radical (unpaired) electrons. The summed E-state index contributed by atoms with van der Waals surface area (Å²) < 4.78 is 0. The van der Waals surface area contributed by atoms with Crippen LogP contribution in [-0.2, 0) is 0 Å².